The summed E-state index contributed by atoms with van der Waals surface area (Å²) in [6.07, 6.45) is 3.77. The van der Waals surface area contributed by atoms with Gasteiger partial charge in [0.05, 0.1) is 0 Å². The summed E-state index contributed by atoms with van der Waals surface area (Å²) in [5, 5.41) is 4.00. The van der Waals surface area contributed by atoms with E-state index in [9.17, 15) is 0 Å². The fourth-order valence-electron chi connectivity index (χ4n) is 1.87. The first kappa shape index (κ1) is 12.8. The van der Waals surface area contributed by atoms with E-state index in [1.807, 2.05) is 19.3 Å². The molecule has 0 N–H and O–H groups in total. The summed E-state index contributed by atoms with van der Waals surface area (Å²) in [7, 11) is 0. The third-order valence-corrected chi connectivity index (χ3v) is 2.96. The molecule has 0 aliphatic heterocycles. The van der Waals surface area contributed by atoms with Gasteiger partial charge in [-0.3, -0.25) is 0 Å². The van der Waals surface area contributed by atoms with Crippen LogP contribution in [0.4, 0.5) is 0 Å². The maximum Gasteiger partial charge on any atom is 0.249 e. The van der Waals surface area contributed by atoms with Crippen molar-refractivity contribution in [2.75, 3.05) is 0 Å². The van der Waals surface area contributed by atoms with E-state index < -0.39 is 0 Å². The van der Waals surface area contributed by atoms with Gasteiger partial charge < -0.3 is 9.09 Å². The van der Waals surface area contributed by atoms with Crippen LogP contribution < -0.4 is 0 Å². The Bertz CT molecular complexity index is 513. The molecule has 98 valence electrons. The van der Waals surface area contributed by atoms with Crippen LogP contribution in [0.1, 0.15) is 70.0 Å². The van der Waals surface area contributed by atoms with Crippen LogP contribution in [0.25, 0.3) is 0 Å². The van der Waals surface area contributed by atoms with Gasteiger partial charge in [-0.2, -0.15) is 4.98 Å². The zero-order valence-corrected chi connectivity index (χ0v) is 11.6. The van der Waals surface area contributed by atoms with Crippen molar-refractivity contribution in [1.82, 2.24) is 19.7 Å². The maximum atomic E-state index is 5.34. The highest BCUT2D eigenvalue weighted by molar-refractivity contribution is 5.05. The van der Waals surface area contributed by atoms with Crippen molar-refractivity contribution >= 4 is 0 Å². The summed E-state index contributed by atoms with van der Waals surface area (Å²) in [4.78, 5) is 8.82. The molecule has 0 spiro atoms. The van der Waals surface area contributed by atoms with E-state index >= 15 is 0 Å². The number of nitrogens with zero attached hydrogens (tertiary/aromatic N) is 4. The van der Waals surface area contributed by atoms with Crippen LogP contribution in [0.3, 0.4) is 0 Å². The predicted octanol–water partition coefficient (Wildman–Crippen LogP) is 3.12. The lowest BCUT2D eigenvalue weighted by molar-refractivity contribution is 0.337. The highest BCUT2D eigenvalue weighted by Gasteiger charge is 2.20. The number of imidazole rings is 1. The van der Waals surface area contributed by atoms with Gasteiger partial charge in [-0.05, 0) is 6.92 Å². The van der Waals surface area contributed by atoms with E-state index in [1.54, 1.807) is 0 Å². The third kappa shape index (κ3) is 2.30. The molecule has 0 amide bonds. The minimum Gasteiger partial charge on any atom is -0.337 e. The van der Waals surface area contributed by atoms with Crippen LogP contribution in [0.5, 0.6) is 0 Å². The van der Waals surface area contributed by atoms with Crippen LogP contribution in [0, 0.1) is 0 Å². The lowest BCUT2D eigenvalue weighted by atomic mass is 10.2. The van der Waals surface area contributed by atoms with E-state index in [0.29, 0.717) is 11.8 Å². The van der Waals surface area contributed by atoms with Crippen LogP contribution in [0.2, 0.25) is 0 Å². The first-order valence-corrected chi connectivity index (χ1v) is 6.37. The fraction of sp³-hybridized carbons (Fsp3) is 0.615. The molecular weight excluding hydrogens is 228 g/mol. The van der Waals surface area contributed by atoms with Crippen molar-refractivity contribution in [3.8, 4) is 0 Å². The summed E-state index contributed by atoms with van der Waals surface area (Å²) in [6, 6.07) is 0.0184. The van der Waals surface area contributed by atoms with Crippen molar-refractivity contribution in [3.63, 3.8) is 0 Å². The SMILES string of the molecule is CC(C)c1noc([C@@H](C)n2ccnc2C(C)C)n1. The predicted molar refractivity (Wildman–Crippen MR) is 68.5 cm³/mol. The molecule has 0 unspecified atom stereocenters. The summed E-state index contributed by atoms with van der Waals surface area (Å²) >= 11 is 0. The second kappa shape index (κ2) is 4.92. The van der Waals surface area contributed by atoms with Gasteiger partial charge in [0.15, 0.2) is 5.82 Å². The van der Waals surface area contributed by atoms with Crippen LogP contribution >= 0.6 is 0 Å². The fourth-order valence-corrected chi connectivity index (χ4v) is 1.87. The summed E-state index contributed by atoms with van der Waals surface area (Å²) in [5.74, 6) is 3.07. The normalized spacial score (nSPS) is 13.5. The number of aromatic nitrogens is 4. The molecule has 1 atom stereocenters. The molecule has 2 rings (SSSR count). The summed E-state index contributed by atoms with van der Waals surface area (Å²) in [5.41, 5.74) is 0. The molecule has 0 fully saturated rings. The van der Waals surface area contributed by atoms with Crippen LogP contribution in [-0.2, 0) is 0 Å². The molecule has 5 heteroatoms. The largest absolute Gasteiger partial charge is 0.337 e. The van der Waals surface area contributed by atoms with E-state index in [2.05, 4.69) is 47.4 Å². The van der Waals surface area contributed by atoms with Crippen molar-refractivity contribution < 1.29 is 4.52 Å². The van der Waals surface area contributed by atoms with Crippen molar-refractivity contribution in [3.05, 3.63) is 29.9 Å². The van der Waals surface area contributed by atoms with Gasteiger partial charge in [0, 0.05) is 24.2 Å². The Morgan fingerprint density at radius 2 is 1.83 bits per heavy atom. The Hall–Kier alpha value is -1.65. The lowest BCUT2D eigenvalue weighted by Gasteiger charge is -2.14. The Morgan fingerprint density at radius 1 is 1.11 bits per heavy atom. The highest BCUT2D eigenvalue weighted by atomic mass is 16.5. The Balaban J connectivity index is 2.29. The van der Waals surface area contributed by atoms with Gasteiger partial charge >= 0.3 is 0 Å². The molecule has 0 bridgehead atoms. The Morgan fingerprint density at radius 3 is 2.39 bits per heavy atom. The highest BCUT2D eigenvalue weighted by Crippen LogP contribution is 2.23. The van der Waals surface area contributed by atoms with Gasteiger partial charge in [0.25, 0.3) is 0 Å². The quantitative estimate of drug-likeness (QED) is 0.834. The molecule has 0 saturated carbocycles. The number of hydrogen-bond donors (Lipinski definition) is 0. The standard InChI is InChI=1S/C13H20N4O/c1-8(2)11-15-13(18-16-11)10(5)17-7-6-14-12(17)9(3)4/h6-10H,1-5H3/t10-/m1/s1. The molecule has 5 nitrogen and oxygen atoms in total. The first-order chi connectivity index (χ1) is 8.50. The van der Waals surface area contributed by atoms with Crippen molar-refractivity contribution in [2.24, 2.45) is 0 Å². The third-order valence-electron chi connectivity index (χ3n) is 2.96. The number of hydrogen-bond acceptors (Lipinski definition) is 4. The molecule has 0 aliphatic carbocycles. The lowest BCUT2D eigenvalue weighted by Crippen LogP contribution is -2.11. The molecule has 2 aromatic heterocycles. The molecule has 18 heavy (non-hydrogen) atoms. The van der Waals surface area contributed by atoms with Gasteiger partial charge in [-0.15, -0.1) is 0 Å². The Kier molecular flexibility index (Phi) is 3.50. The van der Waals surface area contributed by atoms with Gasteiger partial charge in [0.2, 0.25) is 5.89 Å². The average Bonchev–Trinajstić information content (AvgIpc) is 2.97. The molecule has 0 aliphatic rings. The molecule has 0 radical (unpaired) electrons. The molecule has 2 aromatic rings. The van der Waals surface area contributed by atoms with Crippen LogP contribution in [0.15, 0.2) is 16.9 Å². The molecule has 0 aromatic carbocycles. The smallest absolute Gasteiger partial charge is 0.249 e. The average molecular weight is 248 g/mol. The van der Waals surface area contributed by atoms with E-state index in [1.165, 1.54) is 0 Å². The second-order valence-electron chi connectivity index (χ2n) is 5.17. The molecule has 0 saturated heterocycles. The van der Waals surface area contributed by atoms with Gasteiger partial charge in [-0.25, -0.2) is 4.98 Å². The molecule has 2 heterocycles. The minimum absolute atomic E-state index is 0.0184. The van der Waals surface area contributed by atoms with E-state index in [0.717, 1.165) is 11.6 Å². The van der Waals surface area contributed by atoms with Crippen molar-refractivity contribution in [2.45, 2.75) is 52.5 Å². The minimum atomic E-state index is 0.0184. The Labute approximate surface area is 107 Å². The van der Waals surface area contributed by atoms with E-state index in [4.69, 9.17) is 4.52 Å². The van der Waals surface area contributed by atoms with E-state index in [-0.39, 0.29) is 12.0 Å². The zero-order chi connectivity index (χ0) is 13.3. The zero-order valence-electron chi connectivity index (χ0n) is 11.6. The maximum absolute atomic E-state index is 5.34. The number of rotatable bonds is 4. The van der Waals surface area contributed by atoms with Gasteiger partial charge in [0.1, 0.15) is 11.9 Å². The second-order valence-corrected chi connectivity index (χ2v) is 5.17. The summed E-state index contributed by atoms with van der Waals surface area (Å²) < 4.78 is 7.42. The summed E-state index contributed by atoms with van der Waals surface area (Å²) in [6.45, 7) is 10.4. The monoisotopic (exact) mass is 248 g/mol. The first-order valence-electron chi connectivity index (χ1n) is 6.37. The molecular formula is C13H20N4O. The van der Waals surface area contributed by atoms with Gasteiger partial charge in [-0.1, -0.05) is 32.9 Å². The van der Waals surface area contributed by atoms with Crippen molar-refractivity contribution in [1.29, 1.82) is 0 Å². The topological polar surface area (TPSA) is 56.7 Å². The van der Waals surface area contributed by atoms with Crippen LogP contribution in [-0.4, -0.2) is 19.7 Å².